The summed E-state index contributed by atoms with van der Waals surface area (Å²) in [7, 11) is -1.88. The quantitative estimate of drug-likeness (QED) is 0.318. The van der Waals surface area contributed by atoms with Gasteiger partial charge in [0.1, 0.15) is 29.8 Å². The number of hydrogen-bond donors (Lipinski definition) is 1. The van der Waals surface area contributed by atoms with Gasteiger partial charge in [-0.2, -0.15) is 0 Å². The number of nitrogens with two attached hydrogens (primary N) is 1. The van der Waals surface area contributed by atoms with Gasteiger partial charge in [-0.1, -0.05) is 54.6 Å². The maximum Gasteiger partial charge on any atom is 0.319 e. The molecule has 0 bridgehead atoms. The van der Waals surface area contributed by atoms with E-state index in [4.69, 9.17) is 15.2 Å². The molecule has 0 aliphatic carbocycles. The average Bonchev–Trinajstić information content (AvgIpc) is 2.80. The van der Waals surface area contributed by atoms with E-state index in [1.807, 2.05) is 0 Å². The Kier molecular flexibility index (Phi) is 7.94. The van der Waals surface area contributed by atoms with Crippen molar-refractivity contribution in [3.63, 3.8) is 0 Å². The van der Waals surface area contributed by atoms with E-state index in [0.717, 1.165) is 6.16 Å². The van der Waals surface area contributed by atoms with Crippen molar-refractivity contribution in [3.05, 3.63) is 91.0 Å². The highest BCUT2D eigenvalue weighted by Gasteiger charge is 2.44. The van der Waals surface area contributed by atoms with Gasteiger partial charge >= 0.3 is 5.97 Å². The summed E-state index contributed by atoms with van der Waals surface area (Å²) in [6.45, 7) is 1.06. The van der Waals surface area contributed by atoms with Gasteiger partial charge in [0.25, 0.3) is 0 Å². The van der Waals surface area contributed by atoms with Crippen LogP contribution in [-0.2, 0) is 14.3 Å². The van der Waals surface area contributed by atoms with E-state index in [1.54, 1.807) is 0 Å². The number of carbonyl (C=O) groups is 1. The van der Waals surface area contributed by atoms with Crippen molar-refractivity contribution in [2.45, 2.75) is 0 Å². The van der Waals surface area contributed by atoms with E-state index in [1.165, 1.54) is 15.9 Å². The molecule has 0 radical (unpaired) electrons. The molecule has 3 rings (SSSR count). The third-order valence-electron chi connectivity index (χ3n) is 4.82. The van der Waals surface area contributed by atoms with Crippen LogP contribution in [0.4, 0.5) is 0 Å². The minimum absolute atomic E-state index is 0.106. The van der Waals surface area contributed by atoms with Gasteiger partial charge in [0, 0.05) is 0 Å². The van der Waals surface area contributed by atoms with Crippen LogP contribution in [0.25, 0.3) is 0 Å². The van der Waals surface area contributed by atoms with Crippen LogP contribution in [0.3, 0.4) is 0 Å². The standard InChI is InChI=1S/C24H27NO3P/c25-20-24(26)28-17-16-27-18-19-29(21-10-4-1-5-11-21,22-12-6-2-7-13-22)23-14-8-3-9-15-23/h1-15H,16-20,25H2/q+1. The third-order valence-corrected chi connectivity index (χ3v) is 9.21. The zero-order chi connectivity index (χ0) is 20.4. The summed E-state index contributed by atoms with van der Waals surface area (Å²) in [6.07, 6.45) is 0.871. The normalized spacial score (nSPS) is 11.2. The lowest BCUT2D eigenvalue weighted by molar-refractivity contribution is -0.143. The fraction of sp³-hybridized carbons (Fsp3) is 0.208. The van der Waals surface area contributed by atoms with Gasteiger partial charge < -0.3 is 15.2 Å². The number of benzene rings is 3. The van der Waals surface area contributed by atoms with Crippen molar-refractivity contribution in [3.8, 4) is 0 Å². The summed E-state index contributed by atoms with van der Waals surface area (Å²) in [4.78, 5) is 11.2. The largest absolute Gasteiger partial charge is 0.462 e. The predicted octanol–water partition coefficient (Wildman–Crippen LogP) is 2.50. The van der Waals surface area contributed by atoms with Gasteiger partial charge in [-0.25, -0.2) is 0 Å². The van der Waals surface area contributed by atoms with Crippen molar-refractivity contribution in [2.75, 3.05) is 32.5 Å². The number of carbonyl (C=O) groups excluding carboxylic acids is 1. The van der Waals surface area contributed by atoms with Crippen LogP contribution in [0, 0.1) is 0 Å². The second kappa shape index (κ2) is 10.9. The molecule has 3 aromatic rings. The zero-order valence-electron chi connectivity index (χ0n) is 16.4. The molecule has 150 valence electrons. The van der Waals surface area contributed by atoms with E-state index in [9.17, 15) is 4.79 Å². The van der Waals surface area contributed by atoms with Crippen LogP contribution < -0.4 is 21.6 Å². The Morgan fingerprint density at radius 1 is 0.690 bits per heavy atom. The maximum atomic E-state index is 11.2. The topological polar surface area (TPSA) is 61.6 Å². The first-order chi connectivity index (χ1) is 14.3. The lowest BCUT2D eigenvalue weighted by atomic mass is 10.4. The summed E-state index contributed by atoms with van der Waals surface area (Å²) < 4.78 is 10.9. The molecule has 0 fully saturated rings. The fourth-order valence-corrected chi connectivity index (χ4v) is 7.57. The second-order valence-corrected chi connectivity index (χ2v) is 10.2. The minimum atomic E-state index is -1.88. The third kappa shape index (κ3) is 5.30. The number of esters is 1. The second-order valence-electron chi connectivity index (χ2n) is 6.58. The van der Waals surface area contributed by atoms with Crippen LogP contribution in [0.1, 0.15) is 0 Å². The Hall–Kier alpha value is -2.52. The Labute approximate surface area is 173 Å². The molecule has 0 aliphatic rings. The van der Waals surface area contributed by atoms with Crippen LogP contribution in [0.15, 0.2) is 91.0 Å². The monoisotopic (exact) mass is 408 g/mol. The molecule has 0 aromatic heterocycles. The summed E-state index contributed by atoms with van der Waals surface area (Å²) in [5, 5.41) is 3.99. The van der Waals surface area contributed by atoms with Crippen molar-refractivity contribution in [1.82, 2.24) is 0 Å². The maximum absolute atomic E-state index is 11.2. The molecule has 0 unspecified atom stereocenters. The lowest BCUT2D eigenvalue weighted by Gasteiger charge is -2.27. The van der Waals surface area contributed by atoms with Crippen LogP contribution >= 0.6 is 7.26 Å². The highest BCUT2D eigenvalue weighted by molar-refractivity contribution is 7.95. The molecule has 0 atom stereocenters. The number of hydrogen-bond acceptors (Lipinski definition) is 4. The lowest BCUT2D eigenvalue weighted by Crippen LogP contribution is -2.34. The zero-order valence-corrected chi connectivity index (χ0v) is 17.3. The van der Waals surface area contributed by atoms with E-state index < -0.39 is 13.2 Å². The van der Waals surface area contributed by atoms with E-state index in [-0.39, 0.29) is 13.2 Å². The van der Waals surface area contributed by atoms with E-state index >= 15 is 0 Å². The molecule has 5 heteroatoms. The molecule has 0 aliphatic heterocycles. The molecule has 0 saturated heterocycles. The molecule has 0 amide bonds. The van der Waals surface area contributed by atoms with E-state index in [2.05, 4.69) is 91.0 Å². The molecule has 3 aromatic carbocycles. The highest BCUT2D eigenvalue weighted by Crippen LogP contribution is 2.54. The van der Waals surface area contributed by atoms with Gasteiger partial charge in [0.2, 0.25) is 0 Å². The Morgan fingerprint density at radius 2 is 1.14 bits per heavy atom. The molecule has 4 nitrogen and oxygen atoms in total. The summed E-state index contributed by atoms with van der Waals surface area (Å²) in [5.74, 6) is -0.409. The van der Waals surface area contributed by atoms with Crippen LogP contribution in [-0.4, -0.2) is 38.5 Å². The van der Waals surface area contributed by atoms with Gasteiger partial charge in [-0.3, -0.25) is 4.79 Å². The Morgan fingerprint density at radius 3 is 1.55 bits per heavy atom. The van der Waals surface area contributed by atoms with Gasteiger partial charge in [-0.15, -0.1) is 0 Å². The Bertz CT molecular complexity index is 776. The Balaban J connectivity index is 1.88. The first-order valence-corrected chi connectivity index (χ1v) is 11.7. The number of rotatable bonds is 10. The molecule has 0 saturated carbocycles. The summed E-state index contributed by atoms with van der Waals surface area (Å²) in [5.41, 5.74) is 5.25. The molecular formula is C24H27NO3P+. The molecule has 29 heavy (non-hydrogen) atoms. The van der Waals surface area contributed by atoms with Crippen LogP contribution in [0.5, 0.6) is 0 Å². The van der Waals surface area contributed by atoms with Gasteiger partial charge in [0.15, 0.2) is 0 Å². The van der Waals surface area contributed by atoms with Crippen molar-refractivity contribution < 1.29 is 14.3 Å². The first-order valence-electron chi connectivity index (χ1n) is 9.76. The predicted molar refractivity (Wildman–Crippen MR) is 121 cm³/mol. The average molecular weight is 408 g/mol. The fourth-order valence-electron chi connectivity index (χ4n) is 3.46. The number of ether oxygens (including phenoxy) is 2. The first kappa shape index (κ1) is 21.2. The smallest absolute Gasteiger partial charge is 0.319 e. The van der Waals surface area contributed by atoms with E-state index in [0.29, 0.717) is 13.2 Å². The van der Waals surface area contributed by atoms with Crippen LogP contribution in [0.2, 0.25) is 0 Å². The van der Waals surface area contributed by atoms with Crippen molar-refractivity contribution >= 4 is 29.1 Å². The van der Waals surface area contributed by atoms with Gasteiger partial charge in [0.05, 0.1) is 25.9 Å². The van der Waals surface area contributed by atoms with Crippen molar-refractivity contribution in [2.24, 2.45) is 5.73 Å². The molecular weight excluding hydrogens is 381 g/mol. The van der Waals surface area contributed by atoms with Crippen molar-refractivity contribution in [1.29, 1.82) is 0 Å². The molecule has 0 spiro atoms. The highest BCUT2D eigenvalue weighted by atomic mass is 31.2. The molecule has 0 heterocycles. The minimum Gasteiger partial charge on any atom is -0.462 e. The SMILES string of the molecule is NCC(=O)OCCOCC[P+](c1ccccc1)(c1ccccc1)c1ccccc1. The summed E-state index contributed by atoms with van der Waals surface area (Å²) >= 11 is 0. The van der Waals surface area contributed by atoms with Gasteiger partial charge in [-0.05, 0) is 36.4 Å². The summed E-state index contributed by atoms with van der Waals surface area (Å²) in [6, 6.07) is 32.1. The molecule has 2 N–H and O–H groups in total.